The summed E-state index contributed by atoms with van der Waals surface area (Å²) in [5.74, 6) is -0.944. The van der Waals surface area contributed by atoms with Gasteiger partial charge in [0.15, 0.2) is 0 Å². The molecule has 2 aromatic carbocycles. The van der Waals surface area contributed by atoms with Gasteiger partial charge in [0.1, 0.15) is 11.5 Å². The van der Waals surface area contributed by atoms with Gasteiger partial charge in [-0.1, -0.05) is 18.2 Å². The third kappa shape index (κ3) is 4.09. The number of esters is 1. The van der Waals surface area contributed by atoms with E-state index < -0.39 is 17.9 Å². The summed E-state index contributed by atoms with van der Waals surface area (Å²) >= 11 is 0. The first-order chi connectivity index (χ1) is 12.0. The number of carboxylic acid groups (broad SMARTS) is 1. The summed E-state index contributed by atoms with van der Waals surface area (Å²) in [7, 11) is 4.35. The lowest BCUT2D eigenvalue weighted by molar-refractivity contribution is -0.140. The van der Waals surface area contributed by atoms with Gasteiger partial charge in [-0.15, -0.1) is 0 Å². The van der Waals surface area contributed by atoms with E-state index in [-0.39, 0.29) is 12.0 Å². The first-order valence-electron chi connectivity index (χ1n) is 7.62. The Bertz CT molecular complexity index is 768. The lowest BCUT2D eigenvalue weighted by Gasteiger charge is -2.21. The van der Waals surface area contributed by atoms with Crippen molar-refractivity contribution in [2.45, 2.75) is 12.3 Å². The Morgan fingerprint density at radius 1 is 1.00 bits per heavy atom. The molecule has 6 heteroatoms. The molecular weight excluding hydrogens is 324 g/mol. The molecule has 6 nitrogen and oxygen atoms in total. The maximum absolute atomic E-state index is 12.0. The molecule has 132 valence electrons. The number of ether oxygens (including phenoxy) is 3. The molecule has 1 atom stereocenters. The van der Waals surface area contributed by atoms with Crippen LogP contribution >= 0.6 is 0 Å². The van der Waals surface area contributed by atoms with E-state index in [1.165, 1.54) is 27.4 Å². The second-order valence-electron chi connectivity index (χ2n) is 5.33. The lowest BCUT2D eigenvalue weighted by atomic mass is 9.85. The smallest absolute Gasteiger partial charge is 0.335 e. The Kier molecular flexibility index (Phi) is 6.00. The quantitative estimate of drug-likeness (QED) is 0.777. The van der Waals surface area contributed by atoms with E-state index in [0.29, 0.717) is 22.6 Å². The van der Waals surface area contributed by atoms with Crippen LogP contribution in [0.4, 0.5) is 0 Å². The van der Waals surface area contributed by atoms with Gasteiger partial charge in [-0.05, 0) is 29.8 Å². The fourth-order valence-corrected chi connectivity index (χ4v) is 2.74. The standard InChI is InChI=1S/C19H20O6/c1-23-12-8-9-17(24-2)16(10-12)15(11-18(20)25-3)13-6-4-5-7-14(13)19(21)22/h4-10,15H,11H2,1-3H3,(H,21,22). The molecule has 2 aromatic rings. The Balaban J connectivity index is 2.66. The maximum Gasteiger partial charge on any atom is 0.335 e. The van der Waals surface area contributed by atoms with Gasteiger partial charge in [0.05, 0.1) is 33.3 Å². The van der Waals surface area contributed by atoms with Crippen molar-refractivity contribution in [3.05, 3.63) is 59.2 Å². The topological polar surface area (TPSA) is 82.1 Å². The number of carboxylic acids is 1. The Hall–Kier alpha value is -3.02. The fraction of sp³-hybridized carbons (Fsp3) is 0.263. The third-order valence-corrected chi connectivity index (χ3v) is 3.98. The second-order valence-corrected chi connectivity index (χ2v) is 5.33. The Labute approximate surface area is 146 Å². The number of methoxy groups -OCH3 is 3. The van der Waals surface area contributed by atoms with Crippen LogP contribution in [0.25, 0.3) is 0 Å². The maximum atomic E-state index is 12.0. The highest BCUT2D eigenvalue weighted by Gasteiger charge is 2.26. The molecule has 25 heavy (non-hydrogen) atoms. The summed E-state index contributed by atoms with van der Waals surface area (Å²) < 4.78 is 15.5. The predicted octanol–water partition coefficient (Wildman–Crippen LogP) is 3.10. The first-order valence-corrected chi connectivity index (χ1v) is 7.62. The van der Waals surface area contributed by atoms with Crippen molar-refractivity contribution in [2.75, 3.05) is 21.3 Å². The molecule has 0 fully saturated rings. The minimum Gasteiger partial charge on any atom is -0.497 e. The molecular formula is C19H20O6. The number of carbonyl (C=O) groups is 2. The fourth-order valence-electron chi connectivity index (χ4n) is 2.74. The van der Waals surface area contributed by atoms with Crippen LogP contribution in [0, 0.1) is 0 Å². The largest absolute Gasteiger partial charge is 0.497 e. The van der Waals surface area contributed by atoms with Gasteiger partial charge in [0.25, 0.3) is 0 Å². The van der Waals surface area contributed by atoms with Crippen molar-refractivity contribution in [2.24, 2.45) is 0 Å². The SMILES string of the molecule is COC(=O)CC(c1cc(OC)ccc1OC)c1ccccc1C(=O)O. The number of aromatic carboxylic acids is 1. The molecule has 0 aromatic heterocycles. The van der Waals surface area contributed by atoms with Crippen molar-refractivity contribution >= 4 is 11.9 Å². The molecule has 2 rings (SSSR count). The van der Waals surface area contributed by atoms with Crippen molar-refractivity contribution in [3.63, 3.8) is 0 Å². The molecule has 0 aliphatic rings. The van der Waals surface area contributed by atoms with Gasteiger partial charge in [0.2, 0.25) is 0 Å². The lowest BCUT2D eigenvalue weighted by Crippen LogP contribution is -2.14. The zero-order chi connectivity index (χ0) is 18.4. The van der Waals surface area contributed by atoms with Crippen LogP contribution in [-0.2, 0) is 9.53 Å². The average Bonchev–Trinajstić information content (AvgIpc) is 2.65. The van der Waals surface area contributed by atoms with Crippen LogP contribution in [0.3, 0.4) is 0 Å². The number of carbonyl (C=O) groups excluding carboxylic acids is 1. The van der Waals surface area contributed by atoms with Crippen molar-refractivity contribution in [1.82, 2.24) is 0 Å². The summed E-state index contributed by atoms with van der Waals surface area (Å²) in [6.07, 6.45) is -0.0235. The molecule has 0 bridgehead atoms. The van der Waals surface area contributed by atoms with Gasteiger partial charge >= 0.3 is 11.9 Å². The number of rotatable bonds is 7. The van der Waals surface area contributed by atoms with Crippen LogP contribution in [0.15, 0.2) is 42.5 Å². The summed E-state index contributed by atoms with van der Waals surface area (Å²) in [6, 6.07) is 11.8. The molecule has 0 saturated heterocycles. The van der Waals surface area contributed by atoms with E-state index in [2.05, 4.69) is 0 Å². The van der Waals surface area contributed by atoms with E-state index >= 15 is 0 Å². The highest BCUT2D eigenvalue weighted by molar-refractivity contribution is 5.90. The molecule has 0 spiro atoms. The van der Waals surface area contributed by atoms with Crippen LogP contribution in [-0.4, -0.2) is 38.4 Å². The third-order valence-electron chi connectivity index (χ3n) is 3.98. The predicted molar refractivity (Wildman–Crippen MR) is 91.4 cm³/mol. The summed E-state index contributed by atoms with van der Waals surface area (Å²) in [5.41, 5.74) is 1.29. The molecule has 0 radical (unpaired) electrons. The number of hydrogen-bond acceptors (Lipinski definition) is 5. The molecule has 0 aliphatic carbocycles. The van der Waals surface area contributed by atoms with Crippen molar-refractivity contribution < 1.29 is 28.9 Å². The molecule has 0 saturated carbocycles. The van der Waals surface area contributed by atoms with Gasteiger partial charge in [-0.3, -0.25) is 4.79 Å². The van der Waals surface area contributed by atoms with E-state index in [4.69, 9.17) is 14.2 Å². The van der Waals surface area contributed by atoms with Crippen LogP contribution in [0.1, 0.15) is 33.8 Å². The number of benzene rings is 2. The Morgan fingerprint density at radius 2 is 1.72 bits per heavy atom. The molecule has 0 heterocycles. The minimum absolute atomic E-state index is 0.0235. The van der Waals surface area contributed by atoms with Crippen molar-refractivity contribution in [3.8, 4) is 11.5 Å². The highest BCUT2D eigenvalue weighted by Crippen LogP contribution is 2.38. The molecule has 1 N–H and O–H groups in total. The highest BCUT2D eigenvalue weighted by atomic mass is 16.5. The van der Waals surface area contributed by atoms with E-state index in [9.17, 15) is 14.7 Å². The zero-order valence-electron chi connectivity index (χ0n) is 14.3. The average molecular weight is 344 g/mol. The second kappa shape index (κ2) is 8.19. The van der Waals surface area contributed by atoms with E-state index in [1.807, 2.05) is 0 Å². The normalized spacial score (nSPS) is 11.5. The molecule has 1 unspecified atom stereocenters. The van der Waals surface area contributed by atoms with Gasteiger partial charge in [-0.25, -0.2) is 4.79 Å². The van der Waals surface area contributed by atoms with Gasteiger partial charge in [-0.2, -0.15) is 0 Å². The van der Waals surface area contributed by atoms with E-state index in [1.54, 1.807) is 36.4 Å². The van der Waals surface area contributed by atoms with Crippen LogP contribution < -0.4 is 9.47 Å². The number of hydrogen-bond donors (Lipinski definition) is 1. The zero-order valence-corrected chi connectivity index (χ0v) is 14.3. The molecule has 0 amide bonds. The van der Waals surface area contributed by atoms with Crippen molar-refractivity contribution in [1.29, 1.82) is 0 Å². The van der Waals surface area contributed by atoms with Gasteiger partial charge < -0.3 is 19.3 Å². The minimum atomic E-state index is -1.06. The summed E-state index contributed by atoms with van der Waals surface area (Å²) in [4.78, 5) is 23.6. The Morgan fingerprint density at radius 3 is 2.32 bits per heavy atom. The van der Waals surface area contributed by atoms with Crippen LogP contribution in [0.2, 0.25) is 0 Å². The first kappa shape index (κ1) is 18.3. The monoisotopic (exact) mass is 344 g/mol. The van der Waals surface area contributed by atoms with Crippen LogP contribution in [0.5, 0.6) is 11.5 Å². The summed E-state index contributed by atoms with van der Waals surface area (Å²) in [6.45, 7) is 0. The van der Waals surface area contributed by atoms with E-state index in [0.717, 1.165) is 0 Å². The van der Waals surface area contributed by atoms with Gasteiger partial charge in [0, 0.05) is 11.5 Å². The summed E-state index contributed by atoms with van der Waals surface area (Å²) in [5, 5.41) is 9.51. The molecule has 0 aliphatic heterocycles.